The highest BCUT2D eigenvalue weighted by atomic mass is 16.5. The SMILES string of the molecule is C[C@@H](CC(=O)c1cc(N2CCC(c3[nH]nc4ncccc34)CC2)nc(OCC2(C#N)CC2)n1)C(C)(C)O. The quantitative estimate of drug-likeness (QED) is 0.417. The number of hydrogen-bond donors (Lipinski definition) is 2. The van der Waals surface area contributed by atoms with Gasteiger partial charge in [0.2, 0.25) is 0 Å². The van der Waals surface area contributed by atoms with E-state index in [9.17, 15) is 15.2 Å². The third kappa shape index (κ3) is 5.42. The number of nitrogens with one attached hydrogen (secondary N) is 1. The molecule has 37 heavy (non-hydrogen) atoms. The lowest BCUT2D eigenvalue weighted by Crippen LogP contribution is -2.34. The number of piperidine rings is 1. The van der Waals surface area contributed by atoms with Crippen molar-refractivity contribution in [2.24, 2.45) is 11.3 Å². The molecule has 1 aliphatic carbocycles. The molecule has 2 N–H and O–H groups in total. The molecule has 0 amide bonds. The van der Waals surface area contributed by atoms with Crippen LogP contribution in [0.4, 0.5) is 5.82 Å². The van der Waals surface area contributed by atoms with Crippen molar-refractivity contribution in [3.05, 3.63) is 35.8 Å². The van der Waals surface area contributed by atoms with Crippen LogP contribution >= 0.6 is 0 Å². The number of aromatic amines is 1. The predicted molar refractivity (Wildman–Crippen MR) is 137 cm³/mol. The molecule has 0 spiro atoms. The number of nitriles is 1. The molecule has 10 nitrogen and oxygen atoms in total. The van der Waals surface area contributed by atoms with Crippen LogP contribution in [0.3, 0.4) is 0 Å². The largest absolute Gasteiger partial charge is 0.462 e. The van der Waals surface area contributed by atoms with Crippen LogP contribution in [-0.2, 0) is 0 Å². The minimum Gasteiger partial charge on any atom is -0.462 e. The minimum atomic E-state index is -0.982. The number of ketones is 1. The monoisotopic (exact) mass is 503 g/mol. The summed E-state index contributed by atoms with van der Waals surface area (Å²) >= 11 is 0. The highest BCUT2D eigenvalue weighted by Gasteiger charge is 2.44. The summed E-state index contributed by atoms with van der Waals surface area (Å²) in [5.41, 5.74) is 0.651. The molecule has 0 unspecified atom stereocenters. The molecule has 3 aromatic rings. The van der Waals surface area contributed by atoms with E-state index in [1.54, 1.807) is 26.1 Å². The Morgan fingerprint density at radius 1 is 1.35 bits per heavy atom. The molecule has 1 saturated carbocycles. The number of H-pyrrole nitrogens is 1. The molecule has 1 atom stereocenters. The van der Waals surface area contributed by atoms with Gasteiger partial charge in [0.05, 0.1) is 17.1 Å². The highest BCUT2D eigenvalue weighted by Crippen LogP contribution is 2.45. The summed E-state index contributed by atoms with van der Waals surface area (Å²) in [4.78, 5) is 28.6. The van der Waals surface area contributed by atoms with Crippen molar-refractivity contribution in [3.8, 4) is 12.1 Å². The van der Waals surface area contributed by atoms with Gasteiger partial charge in [0.25, 0.3) is 0 Å². The second-order valence-electron chi connectivity index (χ2n) is 11.0. The maximum Gasteiger partial charge on any atom is 0.319 e. The van der Waals surface area contributed by atoms with Gasteiger partial charge in [-0.3, -0.25) is 9.89 Å². The summed E-state index contributed by atoms with van der Waals surface area (Å²) in [6.45, 7) is 6.95. The first-order valence-corrected chi connectivity index (χ1v) is 12.9. The van der Waals surface area contributed by atoms with Crippen LogP contribution in [0.5, 0.6) is 6.01 Å². The van der Waals surface area contributed by atoms with Crippen molar-refractivity contribution >= 4 is 22.6 Å². The van der Waals surface area contributed by atoms with Gasteiger partial charge in [-0.25, -0.2) is 4.98 Å². The highest BCUT2D eigenvalue weighted by molar-refractivity contribution is 5.95. The molecule has 3 aromatic heterocycles. The summed E-state index contributed by atoms with van der Waals surface area (Å²) in [6, 6.07) is 8.12. The number of Topliss-reactive ketones (excluding diaryl/α,β-unsaturated/α-hetero) is 1. The molecule has 5 rings (SSSR count). The van der Waals surface area contributed by atoms with Crippen LogP contribution in [0.2, 0.25) is 0 Å². The second-order valence-corrected chi connectivity index (χ2v) is 11.0. The van der Waals surface area contributed by atoms with Gasteiger partial charge in [0.15, 0.2) is 11.4 Å². The second kappa shape index (κ2) is 9.71. The van der Waals surface area contributed by atoms with Crippen LogP contribution < -0.4 is 9.64 Å². The Balaban J connectivity index is 1.34. The fourth-order valence-corrected chi connectivity index (χ4v) is 4.63. The third-order valence-electron chi connectivity index (χ3n) is 7.83. The Hall–Kier alpha value is -3.58. The average Bonchev–Trinajstić information content (AvgIpc) is 3.56. The van der Waals surface area contributed by atoms with Crippen LogP contribution in [0.25, 0.3) is 11.0 Å². The van der Waals surface area contributed by atoms with E-state index in [-0.39, 0.29) is 36.4 Å². The van der Waals surface area contributed by atoms with E-state index in [0.29, 0.717) is 11.7 Å². The van der Waals surface area contributed by atoms with Crippen LogP contribution in [-0.4, -0.2) is 61.3 Å². The predicted octanol–water partition coefficient (Wildman–Crippen LogP) is 3.79. The van der Waals surface area contributed by atoms with Crippen LogP contribution in [0.1, 0.15) is 75.0 Å². The van der Waals surface area contributed by atoms with Gasteiger partial charge in [-0.2, -0.15) is 20.3 Å². The molecule has 2 aliphatic rings. The summed E-state index contributed by atoms with van der Waals surface area (Å²) in [6.07, 6.45) is 5.27. The number of pyridine rings is 1. The van der Waals surface area contributed by atoms with Crippen molar-refractivity contribution in [2.75, 3.05) is 24.6 Å². The molecule has 0 radical (unpaired) electrons. The number of anilines is 1. The van der Waals surface area contributed by atoms with E-state index in [4.69, 9.17) is 4.74 Å². The first kappa shape index (κ1) is 25.1. The molecule has 1 aliphatic heterocycles. The van der Waals surface area contributed by atoms with Crippen molar-refractivity contribution in [2.45, 2.75) is 64.4 Å². The number of carbonyl (C=O) groups excluding carboxylic acids is 1. The Morgan fingerprint density at radius 2 is 2.11 bits per heavy atom. The number of nitrogens with zero attached hydrogens (tertiary/aromatic N) is 6. The minimum absolute atomic E-state index is 0.117. The standard InChI is InChI=1S/C27H33N7O3/c1-17(26(2,3)36)13-21(35)20-14-22(31-25(30-20)37-16-27(15-28)8-9-27)34-11-6-18(7-12-34)23-19-5-4-10-29-24(19)33-32-23/h4-5,10,14,17-18,36H,6-9,11-13,16H2,1-3H3,(H,29,32,33)/t17-/m0/s1. The van der Waals surface area contributed by atoms with Gasteiger partial charge in [0.1, 0.15) is 18.1 Å². The zero-order chi connectivity index (χ0) is 26.2. The topological polar surface area (TPSA) is 141 Å². The number of fused-ring (bicyclic) bond motifs is 1. The lowest BCUT2D eigenvalue weighted by atomic mass is 9.88. The number of aromatic nitrogens is 5. The Labute approximate surface area is 216 Å². The van der Waals surface area contributed by atoms with Crippen LogP contribution in [0, 0.1) is 22.7 Å². The zero-order valence-corrected chi connectivity index (χ0v) is 21.6. The molecule has 2 fully saturated rings. The molecule has 4 heterocycles. The fourth-order valence-electron chi connectivity index (χ4n) is 4.63. The molecule has 194 valence electrons. The smallest absolute Gasteiger partial charge is 0.319 e. The van der Waals surface area contributed by atoms with Gasteiger partial charge in [-0.15, -0.1) is 0 Å². The Morgan fingerprint density at radius 3 is 2.78 bits per heavy atom. The first-order valence-electron chi connectivity index (χ1n) is 12.9. The number of carbonyl (C=O) groups is 1. The van der Waals surface area contributed by atoms with Gasteiger partial charge in [-0.1, -0.05) is 6.92 Å². The van der Waals surface area contributed by atoms with Gasteiger partial charge >= 0.3 is 6.01 Å². The zero-order valence-electron chi connectivity index (χ0n) is 21.6. The molecule has 0 aromatic carbocycles. The summed E-state index contributed by atoms with van der Waals surface area (Å²) < 4.78 is 5.85. The lowest BCUT2D eigenvalue weighted by molar-refractivity contribution is 0.0212. The molecule has 0 bridgehead atoms. The van der Waals surface area contributed by atoms with E-state index in [0.717, 1.165) is 55.5 Å². The summed E-state index contributed by atoms with van der Waals surface area (Å²) in [5.74, 6) is 0.546. The molecular formula is C27H33N7O3. The fraction of sp³-hybridized carbons (Fsp3) is 0.556. The van der Waals surface area contributed by atoms with Gasteiger partial charge in [-0.05, 0) is 57.6 Å². The van der Waals surface area contributed by atoms with Crippen molar-refractivity contribution in [3.63, 3.8) is 0 Å². The van der Waals surface area contributed by atoms with Crippen molar-refractivity contribution < 1.29 is 14.6 Å². The number of hydrogen-bond acceptors (Lipinski definition) is 9. The normalized spacial score (nSPS) is 18.4. The molecule has 1 saturated heterocycles. The summed E-state index contributed by atoms with van der Waals surface area (Å²) in [7, 11) is 0. The van der Waals surface area contributed by atoms with Crippen molar-refractivity contribution in [1.82, 2.24) is 25.1 Å². The Bertz CT molecular complexity index is 1330. The van der Waals surface area contributed by atoms with E-state index < -0.39 is 11.0 Å². The van der Waals surface area contributed by atoms with Crippen LogP contribution in [0.15, 0.2) is 24.4 Å². The van der Waals surface area contributed by atoms with Gasteiger partial charge < -0.3 is 14.7 Å². The number of aliphatic hydroxyl groups is 1. The molecule has 10 heteroatoms. The first-order chi connectivity index (χ1) is 17.7. The lowest BCUT2D eigenvalue weighted by Gasteiger charge is -2.32. The number of rotatable bonds is 9. The van der Waals surface area contributed by atoms with Gasteiger partial charge in [0, 0.05) is 48.8 Å². The van der Waals surface area contributed by atoms with E-state index >= 15 is 0 Å². The maximum absolute atomic E-state index is 13.1. The third-order valence-corrected chi connectivity index (χ3v) is 7.83. The van der Waals surface area contributed by atoms with E-state index in [1.807, 2.05) is 19.1 Å². The number of ether oxygens (including phenoxy) is 1. The molecular weight excluding hydrogens is 470 g/mol. The van der Waals surface area contributed by atoms with Crippen molar-refractivity contribution in [1.29, 1.82) is 5.26 Å². The van der Waals surface area contributed by atoms with E-state index in [2.05, 4.69) is 36.1 Å². The average molecular weight is 504 g/mol. The van der Waals surface area contributed by atoms with E-state index in [1.165, 1.54) is 0 Å². The Kier molecular flexibility index (Phi) is 6.58. The maximum atomic E-state index is 13.1. The summed E-state index contributed by atoms with van der Waals surface area (Å²) in [5, 5.41) is 28.3.